The smallest absolute Gasteiger partial charge is 0.00700 e. The molecule has 28 heavy (non-hydrogen) atoms. The summed E-state index contributed by atoms with van der Waals surface area (Å²) in [6, 6.07) is 27.4. The fourth-order valence-corrected chi connectivity index (χ4v) is 2.64. The molecule has 0 heteroatoms. The van der Waals surface area contributed by atoms with Crippen molar-refractivity contribution in [1.29, 1.82) is 0 Å². The minimum atomic E-state index is 1.03. The molecular weight excluding hydrogens is 336 g/mol. The number of hydrogen-bond donors (Lipinski definition) is 0. The summed E-state index contributed by atoms with van der Waals surface area (Å²) in [5, 5.41) is 0. The zero-order chi connectivity index (χ0) is 20.2. The number of aryl methyl sites for hydroxylation is 1. The van der Waals surface area contributed by atoms with Crippen molar-refractivity contribution >= 4 is 18.2 Å². The van der Waals surface area contributed by atoms with Gasteiger partial charge >= 0.3 is 0 Å². The Bertz CT molecular complexity index is 893. The topological polar surface area (TPSA) is 0 Å². The summed E-state index contributed by atoms with van der Waals surface area (Å²) >= 11 is 0. The van der Waals surface area contributed by atoms with Crippen LogP contribution in [-0.2, 0) is 6.42 Å². The van der Waals surface area contributed by atoms with E-state index in [1.807, 2.05) is 24.3 Å². The van der Waals surface area contributed by atoms with Gasteiger partial charge in [-0.05, 0) is 49.4 Å². The lowest BCUT2D eigenvalue weighted by atomic mass is 10.0. The van der Waals surface area contributed by atoms with E-state index in [2.05, 4.69) is 106 Å². The van der Waals surface area contributed by atoms with E-state index in [1.54, 1.807) is 0 Å². The van der Waals surface area contributed by atoms with Crippen LogP contribution < -0.4 is 0 Å². The SMILES string of the molecule is C=Cc1ccc(/C=C/c2ccc(C/C(C)=C/C)cc2)cc1.Cc1ccccc1. The van der Waals surface area contributed by atoms with Crippen LogP contribution in [0.1, 0.15) is 41.7 Å². The molecule has 3 rings (SSSR count). The average Bonchev–Trinajstić information content (AvgIpc) is 2.74. The standard InChI is InChI=1S/C21H22.C7H8/c1-4-17(3)16-21-14-12-20(13-15-21)11-10-19-8-6-18(5-2)7-9-19;1-7-5-3-2-4-6-7/h4-15H,2,16H2,1,3H3;2-6H,1H3/b11-10+,17-4+;. The van der Waals surface area contributed by atoms with Gasteiger partial charge in [-0.2, -0.15) is 0 Å². The van der Waals surface area contributed by atoms with Crippen molar-refractivity contribution in [3.05, 3.63) is 125 Å². The molecule has 0 nitrogen and oxygen atoms in total. The highest BCUT2D eigenvalue weighted by Gasteiger charge is 1.94. The number of benzene rings is 3. The largest absolute Gasteiger partial charge is 0.0985 e. The molecular formula is C28H30. The predicted molar refractivity (Wildman–Crippen MR) is 126 cm³/mol. The summed E-state index contributed by atoms with van der Waals surface area (Å²) in [6.45, 7) is 10.1. The Labute approximate surface area is 170 Å². The maximum absolute atomic E-state index is 3.77. The Kier molecular flexibility index (Phi) is 8.75. The van der Waals surface area contributed by atoms with Crippen LogP contribution in [0, 0.1) is 6.92 Å². The molecule has 0 aliphatic rings. The highest BCUT2D eigenvalue weighted by molar-refractivity contribution is 5.70. The second-order valence-electron chi connectivity index (χ2n) is 6.91. The molecule has 0 aliphatic carbocycles. The van der Waals surface area contributed by atoms with Crippen LogP contribution in [0.15, 0.2) is 97.1 Å². The van der Waals surface area contributed by atoms with Crippen molar-refractivity contribution in [2.24, 2.45) is 0 Å². The fourth-order valence-electron chi connectivity index (χ4n) is 2.64. The van der Waals surface area contributed by atoms with Crippen molar-refractivity contribution in [1.82, 2.24) is 0 Å². The first-order valence-electron chi connectivity index (χ1n) is 9.73. The van der Waals surface area contributed by atoms with Crippen LogP contribution in [-0.4, -0.2) is 0 Å². The van der Waals surface area contributed by atoms with Crippen LogP contribution in [0.25, 0.3) is 18.2 Å². The Morgan fingerprint density at radius 3 is 1.68 bits per heavy atom. The quantitative estimate of drug-likeness (QED) is 0.317. The van der Waals surface area contributed by atoms with Crippen LogP contribution in [0.2, 0.25) is 0 Å². The minimum absolute atomic E-state index is 1.03. The third-order valence-electron chi connectivity index (χ3n) is 4.54. The lowest BCUT2D eigenvalue weighted by molar-refractivity contribution is 1.13. The normalized spacial score (nSPS) is 11.0. The molecule has 3 aromatic rings. The summed E-state index contributed by atoms with van der Waals surface area (Å²) in [7, 11) is 0. The molecule has 0 saturated carbocycles. The van der Waals surface area contributed by atoms with Crippen molar-refractivity contribution in [2.45, 2.75) is 27.2 Å². The van der Waals surface area contributed by atoms with Gasteiger partial charge in [0, 0.05) is 0 Å². The Hall–Kier alpha value is -3.12. The van der Waals surface area contributed by atoms with E-state index in [-0.39, 0.29) is 0 Å². The fraction of sp³-hybridized carbons (Fsp3) is 0.143. The average molecular weight is 367 g/mol. The van der Waals surface area contributed by atoms with Gasteiger partial charge in [0.25, 0.3) is 0 Å². The monoisotopic (exact) mass is 366 g/mol. The molecule has 0 aliphatic heterocycles. The van der Waals surface area contributed by atoms with E-state index in [0.717, 1.165) is 12.0 Å². The van der Waals surface area contributed by atoms with Gasteiger partial charge in [0.05, 0.1) is 0 Å². The lowest BCUT2D eigenvalue weighted by Crippen LogP contribution is -1.86. The molecule has 0 heterocycles. The maximum Gasteiger partial charge on any atom is -0.00700 e. The van der Waals surface area contributed by atoms with Crippen molar-refractivity contribution < 1.29 is 0 Å². The summed E-state index contributed by atoms with van der Waals surface area (Å²) < 4.78 is 0. The van der Waals surface area contributed by atoms with E-state index in [1.165, 1.54) is 27.8 Å². The van der Waals surface area contributed by atoms with E-state index < -0.39 is 0 Å². The molecule has 142 valence electrons. The first kappa shape index (κ1) is 21.2. The van der Waals surface area contributed by atoms with E-state index in [4.69, 9.17) is 0 Å². The molecule has 0 unspecified atom stereocenters. The molecule has 0 aromatic heterocycles. The number of rotatable bonds is 5. The summed E-state index contributed by atoms with van der Waals surface area (Å²) in [6.07, 6.45) is 9.34. The van der Waals surface area contributed by atoms with Gasteiger partial charge in [-0.3, -0.25) is 0 Å². The zero-order valence-electron chi connectivity index (χ0n) is 17.2. The number of hydrogen-bond acceptors (Lipinski definition) is 0. The molecule has 0 bridgehead atoms. The summed E-state index contributed by atoms with van der Waals surface area (Å²) in [5.41, 5.74) is 7.66. The molecule has 0 N–H and O–H groups in total. The van der Waals surface area contributed by atoms with Crippen molar-refractivity contribution in [3.63, 3.8) is 0 Å². The summed E-state index contributed by atoms with van der Waals surface area (Å²) in [4.78, 5) is 0. The van der Waals surface area contributed by atoms with Gasteiger partial charge in [-0.25, -0.2) is 0 Å². The van der Waals surface area contributed by atoms with Crippen LogP contribution >= 0.6 is 0 Å². The Morgan fingerprint density at radius 1 is 0.750 bits per heavy atom. The predicted octanol–water partition coefficient (Wildman–Crippen LogP) is 8.00. The van der Waals surface area contributed by atoms with Gasteiger partial charge in [0.1, 0.15) is 0 Å². The van der Waals surface area contributed by atoms with E-state index in [9.17, 15) is 0 Å². The van der Waals surface area contributed by atoms with Crippen molar-refractivity contribution in [3.8, 4) is 0 Å². The van der Waals surface area contributed by atoms with Gasteiger partial charge < -0.3 is 0 Å². The van der Waals surface area contributed by atoms with E-state index >= 15 is 0 Å². The van der Waals surface area contributed by atoms with Crippen LogP contribution in [0.3, 0.4) is 0 Å². The molecule has 0 fully saturated rings. The lowest BCUT2D eigenvalue weighted by Gasteiger charge is -2.02. The van der Waals surface area contributed by atoms with Gasteiger partial charge in [-0.15, -0.1) is 0 Å². The highest BCUT2D eigenvalue weighted by atomic mass is 14.0. The molecule has 3 aromatic carbocycles. The van der Waals surface area contributed by atoms with E-state index in [0.29, 0.717) is 0 Å². The first-order chi connectivity index (χ1) is 13.6. The zero-order valence-corrected chi connectivity index (χ0v) is 17.2. The minimum Gasteiger partial charge on any atom is -0.0985 e. The first-order valence-corrected chi connectivity index (χ1v) is 9.73. The van der Waals surface area contributed by atoms with Crippen LogP contribution in [0.5, 0.6) is 0 Å². The van der Waals surface area contributed by atoms with Gasteiger partial charge in [-0.1, -0.05) is 121 Å². The second-order valence-corrected chi connectivity index (χ2v) is 6.91. The molecule has 0 radical (unpaired) electrons. The summed E-state index contributed by atoms with van der Waals surface area (Å²) in [5.74, 6) is 0. The third kappa shape index (κ3) is 7.63. The molecule has 0 atom stereocenters. The van der Waals surface area contributed by atoms with Crippen molar-refractivity contribution in [2.75, 3.05) is 0 Å². The van der Waals surface area contributed by atoms with Gasteiger partial charge in [0.15, 0.2) is 0 Å². The third-order valence-corrected chi connectivity index (χ3v) is 4.54. The molecule has 0 amide bonds. The van der Waals surface area contributed by atoms with Gasteiger partial charge in [0.2, 0.25) is 0 Å². The Balaban J connectivity index is 0.000000336. The molecule has 0 spiro atoms. The molecule has 0 saturated heterocycles. The Morgan fingerprint density at radius 2 is 1.25 bits per heavy atom. The highest BCUT2D eigenvalue weighted by Crippen LogP contribution is 2.13. The number of allylic oxidation sites excluding steroid dienone is 2. The van der Waals surface area contributed by atoms with Crippen LogP contribution in [0.4, 0.5) is 0 Å². The maximum atomic E-state index is 3.77. The second kappa shape index (κ2) is 11.6.